The molecule has 3 heteroatoms. The molecule has 3 aromatic rings. The van der Waals surface area contributed by atoms with Gasteiger partial charge in [-0.15, -0.1) is 0 Å². The highest BCUT2D eigenvalue weighted by Crippen LogP contribution is 2.43. The van der Waals surface area contributed by atoms with E-state index in [4.69, 9.17) is 9.73 Å². The van der Waals surface area contributed by atoms with Gasteiger partial charge in [0.05, 0.1) is 13.2 Å². The molecule has 31 heavy (non-hydrogen) atoms. The maximum atomic E-state index is 5.30. The molecule has 0 N–H and O–H groups in total. The average Bonchev–Trinajstić information content (AvgIpc) is 2.86. The average molecular weight is 411 g/mol. The standard InChI is InChI=1S/C28H30N2O/c1-31-25-14-12-21(13-15-25)20-29-27-24-16-18-30(19-17-24)28(27)26(22-8-4-2-5-9-22)23-10-6-3-7-11-23/h2-15,20,24,26-28H,16-19H2,1H3. The van der Waals surface area contributed by atoms with E-state index in [9.17, 15) is 0 Å². The van der Waals surface area contributed by atoms with Crippen molar-refractivity contribution in [2.75, 3.05) is 20.2 Å². The van der Waals surface area contributed by atoms with Crippen LogP contribution in [0.4, 0.5) is 0 Å². The van der Waals surface area contributed by atoms with Crippen molar-refractivity contribution < 1.29 is 4.74 Å². The van der Waals surface area contributed by atoms with Gasteiger partial charge in [-0.1, -0.05) is 60.7 Å². The van der Waals surface area contributed by atoms with E-state index in [-0.39, 0.29) is 0 Å². The minimum Gasteiger partial charge on any atom is -0.497 e. The third-order valence-electron chi connectivity index (χ3n) is 7.00. The van der Waals surface area contributed by atoms with Gasteiger partial charge in [0.15, 0.2) is 0 Å². The topological polar surface area (TPSA) is 24.8 Å². The van der Waals surface area contributed by atoms with Crippen LogP contribution in [-0.4, -0.2) is 43.4 Å². The third kappa shape index (κ3) is 4.15. The van der Waals surface area contributed by atoms with Gasteiger partial charge in [0.1, 0.15) is 5.75 Å². The fraction of sp³-hybridized carbons (Fsp3) is 0.321. The molecule has 0 amide bonds. The predicted octanol–water partition coefficient (Wildman–Crippen LogP) is 5.41. The quantitative estimate of drug-likeness (QED) is 0.508. The van der Waals surface area contributed by atoms with E-state index in [0.717, 1.165) is 11.3 Å². The molecule has 158 valence electrons. The Labute approximate surface area is 185 Å². The van der Waals surface area contributed by atoms with Crippen LogP contribution in [0.15, 0.2) is 89.9 Å². The molecule has 0 spiro atoms. The summed E-state index contributed by atoms with van der Waals surface area (Å²) in [5.41, 5.74) is 3.90. The van der Waals surface area contributed by atoms with Crippen LogP contribution in [0.5, 0.6) is 5.75 Å². The Balaban J connectivity index is 1.52. The summed E-state index contributed by atoms with van der Waals surface area (Å²) in [5, 5.41) is 0. The number of benzene rings is 3. The fourth-order valence-corrected chi connectivity index (χ4v) is 5.44. The number of nitrogens with zero attached hydrogens (tertiary/aromatic N) is 2. The van der Waals surface area contributed by atoms with Crippen molar-refractivity contribution in [2.24, 2.45) is 10.9 Å². The summed E-state index contributed by atoms with van der Waals surface area (Å²) in [6.07, 6.45) is 4.57. The molecular formula is C28H30N2O. The third-order valence-corrected chi connectivity index (χ3v) is 7.00. The summed E-state index contributed by atoms with van der Waals surface area (Å²) >= 11 is 0. The zero-order valence-electron chi connectivity index (χ0n) is 18.1. The van der Waals surface area contributed by atoms with Crippen molar-refractivity contribution in [2.45, 2.75) is 30.8 Å². The highest BCUT2D eigenvalue weighted by atomic mass is 16.5. The molecule has 3 saturated heterocycles. The van der Waals surface area contributed by atoms with E-state index in [1.54, 1.807) is 7.11 Å². The van der Waals surface area contributed by atoms with Crippen LogP contribution in [0.25, 0.3) is 0 Å². The number of aliphatic imine (C=N–C) groups is 1. The molecule has 3 fully saturated rings. The first-order chi connectivity index (χ1) is 15.3. The Kier molecular flexibility index (Phi) is 5.86. The molecule has 3 aliphatic heterocycles. The highest BCUT2D eigenvalue weighted by Gasteiger charge is 2.46. The van der Waals surface area contributed by atoms with Crippen molar-refractivity contribution in [1.82, 2.24) is 4.90 Å². The molecule has 0 aliphatic carbocycles. The van der Waals surface area contributed by atoms with Gasteiger partial charge in [-0.25, -0.2) is 0 Å². The summed E-state index contributed by atoms with van der Waals surface area (Å²) in [6.45, 7) is 2.36. The molecule has 0 radical (unpaired) electrons. The smallest absolute Gasteiger partial charge is 0.118 e. The molecule has 0 aromatic heterocycles. The lowest BCUT2D eigenvalue weighted by atomic mass is 9.71. The van der Waals surface area contributed by atoms with Crippen molar-refractivity contribution >= 4 is 6.21 Å². The van der Waals surface area contributed by atoms with Crippen molar-refractivity contribution in [1.29, 1.82) is 0 Å². The van der Waals surface area contributed by atoms with Crippen LogP contribution in [-0.2, 0) is 0 Å². The van der Waals surface area contributed by atoms with Gasteiger partial charge < -0.3 is 4.74 Å². The Bertz CT molecular complexity index is 953. The monoisotopic (exact) mass is 410 g/mol. The number of piperidine rings is 3. The van der Waals surface area contributed by atoms with Crippen LogP contribution in [0, 0.1) is 5.92 Å². The van der Waals surface area contributed by atoms with Crippen LogP contribution in [0.1, 0.15) is 35.4 Å². The second kappa shape index (κ2) is 9.07. The lowest BCUT2D eigenvalue weighted by molar-refractivity contribution is 0.0215. The summed E-state index contributed by atoms with van der Waals surface area (Å²) in [6, 6.07) is 30.9. The van der Waals surface area contributed by atoms with E-state index in [1.807, 2.05) is 12.1 Å². The van der Waals surface area contributed by atoms with Gasteiger partial charge in [-0.2, -0.15) is 0 Å². The first kappa shape index (κ1) is 20.0. The Hall–Kier alpha value is -2.91. The van der Waals surface area contributed by atoms with Gasteiger partial charge in [0.25, 0.3) is 0 Å². The van der Waals surface area contributed by atoms with Gasteiger partial charge in [-0.05, 0) is 72.8 Å². The summed E-state index contributed by atoms with van der Waals surface area (Å²) < 4.78 is 5.30. The maximum Gasteiger partial charge on any atom is 0.118 e. The second-order valence-electron chi connectivity index (χ2n) is 8.70. The lowest BCUT2D eigenvalue weighted by Gasteiger charge is -2.52. The molecule has 3 aliphatic rings. The molecule has 6 rings (SSSR count). The molecular weight excluding hydrogens is 380 g/mol. The lowest BCUT2D eigenvalue weighted by Crippen LogP contribution is -2.59. The van der Waals surface area contributed by atoms with Gasteiger partial charge in [-0.3, -0.25) is 9.89 Å². The van der Waals surface area contributed by atoms with Crippen molar-refractivity contribution in [3.05, 3.63) is 102 Å². The number of hydrogen-bond donors (Lipinski definition) is 0. The van der Waals surface area contributed by atoms with Crippen molar-refractivity contribution in [3.63, 3.8) is 0 Å². The van der Waals surface area contributed by atoms with E-state index in [0.29, 0.717) is 23.9 Å². The van der Waals surface area contributed by atoms with Crippen LogP contribution in [0.3, 0.4) is 0 Å². The molecule has 2 bridgehead atoms. The molecule has 0 saturated carbocycles. The van der Waals surface area contributed by atoms with Gasteiger partial charge in [0.2, 0.25) is 0 Å². The zero-order chi connectivity index (χ0) is 21.0. The number of ether oxygens (including phenoxy) is 1. The highest BCUT2D eigenvalue weighted by molar-refractivity contribution is 5.80. The number of fused-ring (bicyclic) bond motifs is 3. The fourth-order valence-electron chi connectivity index (χ4n) is 5.44. The van der Waals surface area contributed by atoms with E-state index in [1.165, 1.54) is 37.1 Å². The summed E-state index contributed by atoms with van der Waals surface area (Å²) in [4.78, 5) is 7.93. The van der Waals surface area contributed by atoms with Gasteiger partial charge >= 0.3 is 0 Å². The van der Waals surface area contributed by atoms with Crippen LogP contribution >= 0.6 is 0 Å². The summed E-state index contributed by atoms with van der Waals surface area (Å²) in [7, 11) is 1.70. The first-order valence-corrected chi connectivity index (χ1v) is 11.3. The molecule has 3 heterocycles. The maximum absolute atomic E-state index is 5.30. The number of hydrogen-bond acceptors (Lipinski definition) is 3. The molecule has 3 nitrogen and oxygen atoms in total. The first-order valence-electron chi connectivity index (χ1n) is 11.3. The number of rotatable bonds is 6. The molecule has 3 aromatic carbocycles. The Morgan fingerprint density at radius 1 is 0.839 bits per heavy atom. The molecule has 2 unspecified atom stereocenters. The predicted molar refractivity (Wildman–Crippen MR) is 127 cm³/mol. The minimum atomic E-state index is 0.301. The van der Waals surface area contributed by atoms with Gasteiger partial charge in [0, 0.05) is 18.2 Å². The van der Waals surface area contributed by atoms with Crippen LogP contribution < -0.4 is 4.74 Å². The minimum absolute atomic E-state index is 0.301. The molecule has 2 atom stereocenters. The van der Waals surface area contributed by atoms with E-state index in [2.05, 4.69) is 83.9 Å². The normalized spacial score (nSPS) is 25.2. The Morgan fingerprint density at radius 3 is 1.97 bits per heavy atom. The number of methoxy groups -OCH3 is 1. The second-order valence-corrected chi connectivity index (χ2v) is 8.70. The van der Waals surface area contributed by atoms with Crippen molar-refractivity contribution in [3.8, 4) is 5.75 Å². The SMILES string of the molecule is COc1ccc(C=NC2C3CCN(CC3)C2C(c2ccccc2)c2ccccc2)cc1. The van der Waals surface area contributed by atoms with E-state index < -0.39 is 0 Å². The summed E-state index contributed by atoms with van der Waals surface area (Å²) in [5.74, 6) is 1.86. The zero-order valence-corrected chi connectivity index (χ0v) is 18.1. The largest absolute Gasteiger partial charge is 0.497 e. The Morgan fingerprint density at radius 2 is 1.42 bits per heavy atom. The van der Waals surface area contributed by atoms with Crippen LogP contribution in [0.2, 0.25) is 0 Å². The van der Waals surface area contributed by atoms with E-state index >= 15 is 0 Å².